The molecule has 0 spiro atoms. The zero-order chi connectivity index (χ0) is 24.2. The van der Waals surface area contributed by atoms with E-state index in [-0.39, 0.29) is 11.8 Å². The summed E-state index contributed by atoms with van der Waals surface area (Å²) in [6.07, 6.45) is 4.32. The number of hydrogen-bond acceptors (Lipinski definition) is 6. The van der Waals surface area contributed by atoms with Crippen molar-refractivity contribution < 1.29 is 18.7 Å². The summed E-state index contributed by atoms with van der Waals surface area (Å²) in [4.78, 5) is 19.7. The molecule has 1 fully saturated rings. The number of H-pyrrole nitrogens is 1. The molecule has 1 aliphatic rings. The van der Waals surface area contributed by atoms with Crippen molar-refractivity contribution in [1.82, 2.24) is 20.1 Å². The van der Waals surface area contributed by atoms with Gasteiger partial charge in [0.25, 0.3) is 5.91 Å². The molecular weight excluding hydrogens is 444 g/mol. The van der Waals surface area contributed by atoms with Crippen molar-refractivity contribution in [2.75, 3.05) is 27.3 Å². The Morgan fingerprint density at radius 3 is 2.80 bits per heavy atom. The van der Waals surface area contributed by atoms with Crippen molar-refractivity contribution >= 4 is 5.91 Å². The monoisotopic (exact) mass is 472 g/mol. The van der Waals surface area contributed by atoms with Crippen LogP contribution in [0.15, 0.2) is 65.2 Å². The van der Waals surface area contributed by atoms with Gasteiger partial charge in [-0.2, -0.15) is 5.10 Å². The highest BCUT2D eigenvalue weighted by Crippen LogP contribution is 2.33. The highest BCUT2D eigenvalue weighted by molar-refractivity contribution is 5.93. The van der Waals surface area contributed by atoms with Crippen LogP contribution in [0.3, 0.4) is 0 Å². The maximum atomic E-state index is 13.3. The molecule has 8 nitrogen and oxygen atoms in total. The van der Waals surface area contributed by atoms with Crippen LogP contribution in [0.4, 0.5) is 0 Å². The maximum absolute atomic E-state index is 13.3. The van der Waals surface area contributed by atoms with Crippen LogP contribution in [0, 0.1) is 0 Å². The topological polar surface area (TPSA) is 93.5 Å². The average Bonchev–Trinajstić information content (AvgIpc) is 3.59. The Kier molecular flexibility index (Phi) is 6.52. The van der Waals surface area contributed by atoms with Crippen molar-refractivity contribution in [2.24, 2.45) is 0 Å². The van der Waals surface area contributed by atoms with Gasteiger partial charge in [0.2, 0.25) is 0 Å². The van der Waals surface area contributed by atoms with E-state index in [1.54, 1.807) is 26.5 Å². The predicted octanol–water partition coefficient (Wildman–Crippen LogP) is 4.69. The minimum absolute atomic E-state index is 0.0677. The number of rotatable bonds is 7. The van der Waals surface area contributed by atoms with Gasteiger partial charge in [0.15, 0.2) is 5.89 Å². The number of aromatic amines is 1. The van der Waals surface area contributed by atoms with Gasteiger partial charge < -0.3 is 18.8 Å². The summed E-state index contributed by atoms with van der Waals surface area (Å²) in [7, 11) is 3.21. The third-order valence-electron chi connectivity index (χ3n) is 6.34. The summed E-state index contributed by atoms with van der Waals surface area (Å²) in [5, 5.41) is 7.27. The number of hydrogen-bond donors (Lipinski definition) is 1. The van der Waals surface area contributed by atoms with Crippen LogP contribution in [0.5, 0.6) is 11.5 Å². The molecule has 2 aromatic heterocycles. The van der Waals surface area contributed by atoms with E-state index in [1.807, 2.05) is 41.3 Å². The lowest BCUT2D eigenvalue weighted by Gasteiger charge is -2.30. The molecule has 3 heterocycles. The van der Waals surface area contributed by atoms with Gasteiger partial charge in [-0.3, -0.25) is 9.89 Å². The summed E-state index contributed by atoms with van der Waals surface area (Å²) in [5.74, 6) is 2.85. The van der Waals surface area contributed by atoms with Crippen LogP contribution in [0.25, 0.3) is 11.3 Å². The number of piperidine rings is 1. The second kappa shape index (κ2) is 10.0. The van der Waals surface area contributed by atoms with Gasteiger partial charge in [-0.15, -0.1) is 0 Å². The molecular formula is C27H28N4O4. The summed E-state index contributed by atoms with van der Waals surface area (Å²) < 4.78 is 16.9. The molecule has 4 aromatic rings. The molecule has 0 saturated carbocycles. The van der Waals surface area contributed by atoms with Gasteiger partial charge >= 0.3 is 0 Å². The maximum Gasteiger partial charge on any atom is 0.271 e. The molecule has 5 rings (SSSR count). The zero-order valence-corrected chi connectivity index (χ0v) is 19.9. The van der Waals surface area contributed by atoms with Gasteiger partial charge in [-0.1, -0.05) is 30.3 Å². The van der Waals surface area contributed by atoms with Crippen molar-refractivity contribution in [2.45, 2.75) is 25.2 Å². The molecule has 0 bridgehead atoms. The number of methoxy groups -OCH3 is 2. The quantitative estimate of drug-likeness (QED) is 0.419. The fourth-order valence-corrected chi connectivity index (χ4v) is 4.51. The number of carbonyl (C=O) groups excluding carboxylic acids is 1. The molecule has 8 heteroatoms. The number of ether oxygens (including phenoxy) is 2. The van der Waals surface area contributed by atoms with Crippen molar-refractivity contribution in [3.8, 4) is 22.8 Å². The van der Waals surface area contributed by atoms with Crippen LogP contribution in [0.1, 0.15) is 46.5 Å². The molecule has 1 amide bonds. The van der Waals surface area contributed by atoms with Crippen LogP contribution >= 0.6 is 0 Å². The Balaban J connectivity index is 1.29. The first kappa shape index (κ1) is 22.7. The SMILES string of the molecule is COc1ccc(OC)c(-c2cc(C(=O)N3CCCC(c4ncc(Cc5ccccc5)o4)C3)[nH]n2)c1. The van der Waals surface area contributed by atoms with Crippen molar-refractivity contribution in [3.05, 3.63) is 83.7 Å². The van der Waals surface area contributed by atoms with E-state index in [2.05, 4.69) is 27.3 Å². The highest BCUT2D eigenvalue weighted by atomic mass is 16.5. The number of nitrogens with one attached hydrogen (secondary N) is 1. The average molecular weight is 473 g/mol. The van der Waals surface area contributed by atoms with E-state index in [0.29, 0.717) is 48.3 Å². The van der Waals surface area contributed by atoms with E-state index in [9.17, 15) is 4.79 Å². The molecule has 1 unspecified atom stereocenters. The molecule has 1 atom stereocenters. The zero-order valence-electron chi connectivity index (χ0n) is 19.9. The molecule has 0 radical (unpaired) electrons. The van der Waals surface area contributed by atoms with Gasteiger partial charge in [0.05, 0.1) is 32.0 Å². The Morgan fingerprint density at radius 1 is 1.14 bits per heavy atom. The van der Waals surface area contributed by atoms with E-state index < -0.39 is 0 Å². The lowest BCUT2D eigenvalue weighted by molar-refractivity contribution is 0.0692. The van der Waals surface area contributed by atoms with E-state index >= 15 is 0 Å². The number of amides is 1. The molecule has 180 valence electrons. The summed E-state index contributed by atoms with van der Waals surface area (Å²) in [6, 6.07) is 17.4. The second-order valence-corrected chi connectivity index (χ2v) is 8.65. The number of benzene rings is 2. The molecule has 35 heavy (non-hydrogen) atoms. The summed E-state index contributed by atoms with van der Waals surface area (Å²) in [6.45, 7) is 1.24. The van der Waals surface area contributed by atoms with Gasteiger partial charge in [0.1, 0.15) is 23.0 Å². The lowest BCUT2D eigenvalue weighted by atomic mass is 9.97. The predicted molar refractivity (Wildman–Crippen MR) is 131 cm³/mol. The molecule has 1 N–H and O–H groups in total. The third-order valence-corrected chi connectivity index (χ3v) is 6.34. The number of aromatic nitrogens is 3. The number of likely N-dealkylation sites (tertiary alicyclic amines) is 1. The fraction of sp³-hybridized carbons (Fsp3) is 0.296. The third kappa shape index (κ3) is 4.91. The van der Waals surface area contributed by atoms with Crippen LogP contribution in [-0.2, 0) is 6.42 Å². The van der Waals surface area contributed by atoms with E-state index in [1.165, 1.54) is 5.56 Å². The first-order valence-electron chi connectivity index (χ1n) is 11.7. The van der Waals surface area contributed by atoms with Gasteiger partial charge in [0, 0.05) is 25.1 Å². The lowest BCUT2D eigenvalue weighted by Crippen LogP contribution is -2.39. The van der Waals surface area contributed by atoms with Crippen molar-refractivity contribution in [3.63, 3.8) is 0 Å². The smallest absolute Gasteiger partial charge is 0.271 e. The van der Waals surface area contributed by atoms with E-state index in [4.69, 9.17) is 13.9 Å². The van der Waals surface area contributed by atoms with Crippen LogP contribution in [-0.4, -0.2) is 53.3 Å². The van der Waals surface area contributed by atoms with Crippen LogP contribution in [0.2, 0.25) is 0 Å². The van der Waals surface area contributed by atoms with Gasteiger partial charge in [-0.05, 0) is 42.7 Å². The summed E-state index contributed by atoms with van der Waals surface area (Å²) >= 11 is 0. The summed E-state index contributed by atoms with van der Waals surface area (Å²) in [5.41, 5.74) is 2.99. The van der Waals surface area contributed by atoms with Crippen LogP contribution < -0.4 is 9.47 Å². The molecule has 0 aliphatic carbocycles. The first-order valence-corrected chi connectivity index (χ1v) is 11.7. The Hall–Kier alpha value is -4.07. The second-order valence-electron chi connectivity index (χ2n) is 8.65. The normalized spacial score (nSPS) is 15.7. The first-order chi connectivity index (χ1) is 17.1. The van der Waals surface area contributed by atoms with Gasteiger partial charge in [-0.25, -0.2) is 4.98 Å². The number of oxazole rings is 1. The molecule has 1 aliphatic heterocycles. The Morgan fingerprint density at radius 2 is 2.00 bits per heavy atom. The molecule has 1 saturated heterocycles. The fourth-order valence-electron chi connectivity index (χ4n) is 4.51. The van der Waals surface area contributed by atoms with E-state index in [0.717, 1.165) is 24.2 Å². The minimum Gasteiger partial charge on any atom is -0.497 e. The minimum atomic E-state index is -0.0913. The molecule has 2 aromatic carbocycles. The number of nitrogens with zero attached hydrogens (tertiary/aromatic N) is 3. The standard InChI is InChI=1S/C27H28N4O4/c1-33-20-10-11-25(34-2)22(14-20)23-15-24(30-29-23)27(32)31-12-6-9-19(17-31)26-28-16-21(35-26)13-18-7-4-3-5-8-18/h3-5,7-8,10-11,14-16,19H,6,9,12-13,17H2,1-2H3,(H,29,30). The Labute approximate surface area is 203 Å². The number of carbonyl (C=O) groups is 1. The Bertz CT molecular complexity index is 1300. The largest absolute Gasteiger partial charge is 0.497 e. The highest BCUT2D eigenvalue weighted by Gasteiger charge is 2.29. The van der Waals surface area contributed by atoms with Crippen molar-refractivity contribution in [1.29, 1.82) is 0 Å².